The van der Waals surface area contributed by atoms with E-state index in [9.17, 15) is 8.42 Å². The summed E-state index contributed by atoms with van der Waals surface area (Å²) in [5, 5.41) is 0. The maximum Gasteiger partial charge on any atom is 0.281 e. The van der Waals surface area contributed by atoms with Crippen LogP contribution in [0.15, 0.2) is 24.3 Å². The standard InChI is InChI=1S/C15H22N2O4S/c1-16(22(18,19)17-6-8-20-9-7-17)11-15-10-13-4-2-3-5-14(13)12-21-15/h2-5,15H,6-12H2,1H3. The zero-order valence-electron chi connectivity index (χ0n) is 12.8. The highest BCUT2D eigenvalue weighted by Crippen LogP contribution is 2.21. The summed E-state index contributed by atoms with van der Waals surface area (Å²) >= 11 is 0. The molecule has 1 unspecified atom stereocenters. The van der Waals surface area contributed by atoms with E-state index >= 15 is 0 Å². The molecule has 2 aliphatic heterocycles. The fourth-order valence-electron chi connectivity index (χ4n) is 2.88. The third kappa shape index (κ3) is 3.33. The number of hydrogen-bond donors (Lipinski definition) is 0. The molecule has 0 radical (unpaired) electrons. The van der Waals surface area contributed by atoms with Gasteiger partial charge < -0.3 is 9.47 Å². The molecule has 1 saturated heterocycles. The van der Waals surface area contributed by atoms with E-state index < -0.39 is 10.2 Å². The number of ether oxygens (including phenoxy) is 2. The minimum Gasteiger partial charge on any atom is -0.379 e. The molecule has 0 aliphatic carbocycles. The van der Waals surface area contributed by atoms with Crippen LogP contribution in [0.1, 0.15) is 11.1 Å². The Morgan fingerprint density at radius 1 is 1.23 bits per heavy atom. The zero-order valence-corrected chi connectivity index (χ0v) is 13.6. The molecule has 0 N–H and O–H groups in total. The molecule has 0 aromatic heterocycles. The molecule has 1 aromatic rings. The molecule has 2 heterocycles. The first-order valence-corrected chi connectivity index (χ1v) is 8.94. The van der Waals surface area contributed by atoms with E-state index in [-0.39, 0.29) is 6.10 Å². The van der Waals surface area contributed by atoms with Crippen molar-refractivity contribution in [1.82, 2.24) is 8.61 Å². The lowest BCUT2D eigenvalue weighted by molar-refractivity contribution is 0.0184. The molecular formula is C15H22N2O4S. The Labute approximate surface area is 131 Å². The minimum atomic E-state index is -3.43. The molecule has 1 aromatic carbocycles. The number of likely N-dealkylation sites (N-methyl/N-ethyl adjacent to an activating group) is 1. The van der Waals surface area contributed by atoms with Gasteiger partial charge in [-0.15, -0.1) is 0 Å². The molecule has 0 bridgehead atoms. The van der Waals surface area contributed by atoms with Crippen molar-refractivity contribution in [2.75, 3.05) is 39.9 Å². The zero-order chi connectivity index (χ0) is 15.6. The van der Waals surface area contributed by atoms with Crippen molar-refractivity contribution in [1.29, 1.82) is 0 Å². The van der Waals surface area contributed by atoms with E-state index in [1.807, 2.05) is 12.1 Å². The van der Waals surface area contributed by atoms with Gasteiger partial charge in [-0.05, 0) is 11.1 Å². The van der Waals surface area contributed by atoms with Crippen LogP contribution in [0.5, 0.6) is 0 Å². The first-order valence-electron chi connectivity index (χ1n) is 7.55. The average Bonchev–Trinajstić information content (AvgIpc) is 2.55. The summed E-state index contributed by atoms with van der Waals surface area (Å²) in [6.45, 7) is 2.67. The Bertz CT molecular complexity index is 614. The summed E-state index contributed by atoms with van der Waals surface area (Å²) in [4.78, 5) is 0. The molecule has 122 valence electrons. The van der Waals surface area contributed by atoms with Gasteiger partial charge in [0.25, 0.3) is 10.2 Å². The molecule has 0 saturated carbocycles. The summed E-state index contributed by atoms with van der Waals surface area (Å²) in [5.41, 5.74) is 2.44. The topological polar surface area (TPSA) is 59.1 Å². The minimum absolute atomic E-state index is 0.101. The fraction of sp³-hybridized carbons (Fsp3) is 0.600. The van der Waals surface area contributed by atoms with E-state index in [1.54, 1.807) is 7.05 Å². The second-order valence-corrected chi connectivity index (χ2v) is 7.74. The maximum absolute atomic E-state index is 12.5. The molecule has 0 spiro atoms. The van der Waals surface area contributed by atoms with Crippen LogP contribution < -0.4 is 0 Å². The lowest BCUT2D eigenvalue weighted by Gasteiger charge is -2.33. The molecule has 7 heteroatoms. The molecule has 1 atom stereocenters. The Hall–Kier alpha value is -0.990. The highest BCUT2D eigenvalue weighted by molar-refractivity contribution is 7.86. The lowest BCUT2D eigenvalue weighted by Crippen LogP contribution is -2.49. The van der Waals surface area contributed by atoms with E-state index in [0.717, 1.165) is 6.42 Å². The van der Waals surface area contributed by atoms with Gasteiger partial charge >= 0.3 is 0 Å². The average molecular weight is 326 g/mol. The van der Waals surface area contributed by atoms with Gasteiger partial charge in [0.2, 0.25) is 0 Å². The predicted octanol–water partition coefficient (Wildman–Crippen LogP) is 0.637. The number of benzene rings is 1. The van der Waals surface area contributed by atoms with E-state index in [2.05, 4.69) is 12.1 Å². The summed E-state index contributed by atoms with van der Waals surface area (Å²) in [6, 6.07) is 8.15. The number of hydrogen-bond acceptors (Lipinski definition) is 4. The number of rotatable bonds is 4. The molecule has 1 fully saturated rings. The number of fused-ring (bicyclic) bond motifs is 1. The Balaban J connectivity index is 1.63. The summed E-state index contributed by atoms with van der Waals surface area (Å²) in [5.74, 6) is 0. The molecule has 0 amide bonds. The summed E-state index contributed by atoms with van der Waals surface area (Å²) < 4.78 is 39.0. The van der Waals surface area contributed by atoms with Crippen LogP contribution in [-0.4, -0.2) is 63.0 Å². The van der Waals surface area contributed by atoms with Crippen LogP contribution >= 0.6 is 0 Å². The smallest absolute Gasteiger partial charge is 0.281 e. The van der Waals surface area contributed by atoms with Gasteiger partial charge in [0.1, 0.15) is 0 Å². The molecule has 6 nitrogen and oxygen atoms in total. The lowest BCUT2D eigenvalue weighted by atomic mass is 9.99. The SMILES string of the molecule is CN(CC1Cc2ccccc2CO1)S(=O)(=O)N1CCOCC1. The van der Waals surface area contributed by atoms with Crippen molar-refractivity contribution in [3.63, 3.8) is 0 Å². The van der Waals surface area contributed by atoms with E-state index in [0.29, 0.717) is 39.5 Å². The van der Waals surface area contributed by atoms with Gasteiger partial charge in [-0.3, -0.25) is 0 Å². The van der Waals surface area contributed by atoms with Crippen LogP contribution in [0, 0.1) is 0 Å². The quantitative estimate of drug-likeness (QED) is 0.815. The second kappa shape index (κ2) is 6.64. The van der Waals surface area contributed by atoms with Gasteiger partial charge in [-0.2, -0.15) is 17.0 Å². The van der Waals surface area contributed by atoms with Crippen LogP contribution in [0.2, 0.25) is 0 Å². The van der Waals surface area contributed by atoms with Crippen molar-refractivity contribution >= 4 is 10.2 Å². The predicted molar refractivity (Wildman–Crippen MR) is 82.7 cm³/mol. The molecule has 2 aliphatic rings. The first-order chi connectivity index (χ1) is 10.6. The molecule has 22 heavy (non-hydrogen) atoms. The summed E-state index contributed by atoms with van der Waals surface area (Å²) in [6.07, 6.45) is 0.648. The van der Waals surface area contributed by atoms with E-state index in [4.69, 9.17) is 9.47 Å². The highest BCUT2D eigenvalue weighted by atomic mass is 32.2. The third-order valence-electron chi connectivity index (χ3n) is 4.19. The van der Waals surface area contributed by atoms with Crippen molar-refractivity contribution in [3.8, 4) is 0 Å². The van der Waals surface area contributed by atoms with Crippen molar-refractivity contribution in [2.45, 2.75) is 19.1 Å². The van der Waals surface area contributed by atoms with Gasteiger partial charge in [0.05, 0.1) is 25.9 Å². The van der Waals surface area contributed by atoms with Gasteiger partial charge in [0.15, 0.2) is 0 Å². The first kappa shape index (κ1) is 15.9. The second-order valence-electron chi connectivity index (χ2n) is 5.71. The van der Waals surface area contributed by atoms with Crippen LogP contribution in [-0.2, 0) is 32.7 Å². The molecular weight excluding hydrogens is 304 g/mol. The maximum atomic E-state index is 12.5. The fourth-order valence-corrected chi connectivity index (χ4v) is 4.24. The van der Waals surface area contributed by atoms with Crippen molar-refractivity contribution in [2.24, 2.45) is 0 Å². The van der Waals surface area contributed by atoms with Crippen LogP contribution in [0.25, 0.3) is 0 Å². The third-order valence-corrected chi connectivity index (χ3v) is 6.15. The van der Waals surface area contributed by atoms with Gasteiger partial charge in [-0.25, -0.2) is 0 Å². The summed E-state index contributed by atoms with van der Waals surface area (Å²) in [7, 11) is -1.81. The van der Waals surface area contributed by atoms with E-state index in [1.165, 1.54) is 19.7 Å². The highest BCUT2D eigenvalue weighted by Gasteiger charge is 2.31. The van der Waals surface area contributed by atoms with Crippen LogP contribution in [0.4, 0.5) is 0 Å². The Morgan fingerprint density at radius 3 is 2.64 bits per heavy atom. The van der Waals surface area contributed by atoms with Crippen LogP contribution in [0.3, 0.4) is 0 Å². The number of nitrogens with zero attached hydrogens (tertiary/aromatic N) is 2. The van der Waals surface area contributed by atoms with Gasteiger partial charge in [-0.1, -0.05) is 24.3 Å². The Morgan fingerprint density at radius 2 is 1.91 bits per heavy atom. The molecule has 3 rings (SSSR count). The van der Waals surface area contributed by atoms with Gasteiger partial charge in [0, 0.05) is 33.1 Å². The Kier molecular flexibility index (Phi) is 4.79. The monoisotopic (exact) mass is 326 g/mol. The normalized spacial score (nSPS) is 23.5. The number of morpholine rings is 1. The largest absolute Gasteiger partial charge is 0.379 e. The van der Waals surface area contributed by atoms with Crippen molar-refractivity contribution < 1.29 is 17.9 Å². The van der Waals surface area contributed by atoms with Crippen molar-refractivity contribution in [3.05, 3.63) is 35.4 Å².